The van der Waals surface area contributed by atoms with Crippen LogP contribution < -0.4 is 14.8 Å². The smallest absolute Gasteiger partial charge is 0.406 e. The number of halogens is 3. The molecule has 1 saturated heterocycles. The van der Waals surface area contributed by atoms with Crippen molar-refractivity contribution in [2.24, 2.45) is 4.99 Å². The van der Waals surface area contributed by atoms with Crippen molar-refractivity contribution in [3.63, 3.8) is 0 Å². The van der Waals surface area contributed by atoms with E-state index in [2.05, 4.69) is 10.3 Å². The van der Waals surface area contributed by atoms with Gasteiger partial charge in [-0.2, -0.15) is 13.2 Å². The summed E-state index contributed by atoms with van der Waals surface area (Å²) in [6.45, 7) is 2.22. The van der Waals surface area contributed by atoms with Gasteiger partial charge in [0.1, 0.15) is 24.6 Å². The minimum absolute atomic E-state index is 0.210. The number of ether oxygens (including phenoxy) is 2. The second-order valence-electron chi connectivity index (χ2n) is 7.11. The molecule has 1 aliphatic rings. The quantitative estimate of drug-likeness (QED) is 0.532. The average molecular weight is 430 g/mol. The van der Waals surface area contributed by atoms with Gasteiger partial charge in [0.2, 0.25) is 5.91 Å². The second kappa shape index (κ2) is 10.4. The number of alkyl halides is 3. The Balaban J connectivity index is 2.07. The van der Waals surface area contributed by atoms with E-state index in [1.807, 2.05) is 30.0 Å². The molecule has 1 fully saturated rings. The first-order valence-corrected chi connectivity index (χ1v) is 9.73. The molecule has 0 radical (unpaired) electrons. The van der Waals surface area contributed by atoms with Gasteiger partial charge in [-0.15, -0.1) is 0 Å². The third-order valence-corrected chi connectivity index (χ3v) is 4.87. The van der Waals surface area contributed by atoms with Gasteiger partial charge in [0.05, 0.1) is 14.2 Å². The molecule has 1 aliphatic heterocycles. The molecule has 1 N–H and O–H groups in total. The van der Waals surface area contributed by atoms with Gasteiger partial charge in [0.25, 0.3) is 0 Å². The van der Waals surface area contributed by atoms with Crippen LogP contribution in [-0.4, -0.2) is 81.8 Å². The van der Waals surface area contributed by atoms with Crippen molar-refractivity contribution in [3.8, 4) is 11.5 Å². The first-order valence-electron chi connectivity index (χ1n) is 9.73. The van der Waals surface area contributed by atoms with Gasteiger partial charge in [-0.05, 0) is 31.0 Å². The first-order chi connectivity index (χ1) is 14.2. The highest BCUT2D eigenvalue weighted by molar-refractivity contribution is 5.85. The fourth-order valence-electron chi connectivity index (χ4n) is 3.34. The van der Waals surface area contributed by atoms with Gasteiger partial charge in [-0.25, -0.2) is 4.99 Å². The Labute approximate surface area is 174 Å². The number of rotatable bonds is 7. The average Bonchev–Trinajstić information content (AvgIpc) is 3.19. The van der Waals surface area contributed by atoms with Crippen molar-refractivity contribution in [3.05, 3.63) is 23.8 Å². The molecule has 30 heavy (non-hydrogen) atoms. The predicted octanol–water partition coefficient (Wildman–Crippen LogP) is 2.48. The molecule has 2 rings (SSSR count). The topological polar surface area (TPSA) is 66.4 Å². The maximum Gasteiger partial charge on any atom is 0.406 e. The molecule has 1 aromatic rings. The fourth-order valence-corrected chi connectivity index (χ4v) is 3.34. The van der Waals surface area contributed by atoms with E-state index >= 15 is 0 Å². The van der Waals surface area contributed by atoms with Crippen LogP contribution in [-0.2, 0) is 4.79 Å². The van der Waals surface area contributed by atoms with Crippen molar-refractivity contribution in [1.29, 1.82) is 0 Å². The van der Waals surface area contributed by atoms with Crippen LogP contribution in [0.3, 0.4) is 0 Å². The molecule has 1 atom stereocenters. The van der Waals surface area contributed by atoms with Crippen molar-refractivity contribution in [1.82, 2.24) is 15.1 Å². The number of likely N-dealkylation sites (N-methyl/N-ethyl adjacent to an activating group) is 1. The largest absolute Gasteiger partial charge is 0.497 e. The molecule has 0 bridgehead atoms. The highest BCUT2D eigenvalue weighted by Gasteiger charge is 2.31. The molecule has 7 nitrogen and oxygen atoms in total. The predicted molar refractivity (Wildman–Crippen MR) is 108 cm³/mol. The molecule has 0 saturated carbocycles. The molecular formula is C20H29F3N4O3. The summed E-state index contributed by atoms with van der Waals surface area (Å²) in [7, 11) is 4.32. The number of carbonyl (C=O) groups is 1. The number of guanidine groups is 1. The van der Waals surface area contributed by atoms with Gasteiger partial charge in [0, 0.05) is 38.7 Å². The molecule has 0 aliphatic carbocycles. The van der Waals surface area contributed by atoms with Crippen LogP contribution >= 0.6 is 0 Å². The molecule has 0 spiro atoms. The standard InChI is InChI=1S/C20H29F3N4O3/c1-5-24-19(25-11-18(28)26(2)13-20(21,22)23)27-7-6-14(12-27)15-8-16(29-3)10-17(9-15)30-4/h8-10,14H,5-7,11-13H2,1-4H3,(H,24,25). The van der Waals surface area contributed by atoms with Crippen LogP contribution in [0.5, 0.6) is 11.5 Å². The zero-order valence-corrected chi connectivity index (χ0v) is 17.8. The van der Waals surface area contributed by atoms with E-state index in [1.165, 1.54) is 0 Å². The van der Waals surface area contributed by atoms with Gasteiger partial charge in [-0.1, -0.05) is 0 Å². The number of benzene rings is 1. The van der Waals surface area contributed by atoms with E-state index in [9.17, 15) is 18.0 Å². The van der Waals surface area contributed by atoms with Crippen molar-refractivity contribution in [2.45, 2.75) is 25.4 Å². The lowest BCUT2D eigenvalue weighted by Crippen LogP contribution is -2.41. The summed E-state index contributed by atoms with van der Waals surface area (Å²) >= 11 is 0. The van der Waals surface area contributed by atoms with E-state index in [1.54, 1.807) is 14.2 Å². The zero-order valence-electron chi connectivity index (χ0n) is 17.8. The number of hydrogen-bond acceptors (Lipinski definition) is 4. The number of nitrogens with one attached hydrogen (secondary N) is 1. The van der Waals surface area contributed by atoms with Gasteiger partial charge in [-0.3, -0.25) is 4.79 Å². The lowest BCUT2D eigenvalue weighted by Gasteiger charge is -2.23. The number of hydrogen-bond donors (Lipinski definition) is 1. The van der Waals surface area contributed by atoms with Crippen LogP contribution in [0.2, 0.25) is 0 Å². The highest BCUT2D eigenvalue weighted by Crippen LogP contribution is 2.32. The normalized spacial score (nSPS) is 17.1. The maximum atomic E-state index is 12.5. The van der Waals surface area contributed by atoms with Crippen LogP contribution in [0.1, 0.15) is 24.8 Å². The van der Waals surface area contributed by atoms with Crippen LogP contribution in [0.25, 0.3) is 0 Å². The number of likely N-dealkylation sites (tertiary alicyclic amines) is 1. The Morgan fingerprint density at radius 2 is 1.90 bits per heavy atom. The molecule has 10 heteroatoms. The molecule has 168 valence electrons. The zero-order chi connectivity index (χ0) is 22.3. The van der Waals surface area contributed by atoms with E-state index < -0.39 is 18.6 Å². The molecule has 1 heterocycles. The van der Waals surface area contributed by atoms with Crippen molar-refractivity contribution in [2.75, 3.05) is 54.0 Å². The summed E-state index contributed by atoms with van der Waals surface area (Å²) in [5.41, 5.74) is 1.07. The Morgan fingerprint density at radius 1 is 1.27 bits per heavy atom. The SMILES string of the molecule is CCNC(=NCC(=O)N(C)CC(F)(F)F)N1CCC(c2cc(OC)cc(OC)c2)C1. The Morgan fingerprint density at radius 3 is 2.43 bits per heavy atom. The van der Waals surface area contributed by atoms with Crippen molar-refractivity contribution >= 4 is 11.9 Å². The summed E-state index contributed by atoms with van der Waals surface area (Å²) in [5.74, 6) is 1.46. The lowest BCUT2D eigenvalue weighted by molar-refractivity contribution is -0.157. The molecule has 1 unspecified atom stereocenters. The van der Waals surface area contributed by atoms with E-state index in [4.69, 9.17) is 9.47 Å². The number of amides is 1. The summed E-state index contributed by atoms with van der Waals surface area (Å²) in [6, 6.07) is 5.75. The summed E-state index contributed by atoms with van der Waals surface area (Å²) in [6.07, 6.45) is -3.57. The lowest BCUT2D eigenvalue weighted by atomic mass is 9.98. The van der Waals surface area contributed by atoms with Crippen LogP contribution in [0.15, 0.2) is 23.2 Å². The monoisotopic (exact) mass is 430 g/mol. The van der Waals surface area contributed by atoms with Gasteiger partial charge >= 0.3 is 6.18 Å². The van der Waals surface area contributed by atoms with Crippen LogP contribution in [0.4, 0.5) is 13.2 Å². The number of aliphatic imine (C=N–C) groups is 1. The first kappa shape index (κ1) is 23.6. The number of nitrogens with zero attached hydrogens (tertiary/aromatic N) is 3. The second-order valence-corrected chi connectivity index (χ2v) is 7.11. The Bertz CT molecular complexity index is 733. The minimum Gasteiger partial charge on any atom is -0.497 e. The number of methoxy groups -OCH3 is 2. The highest BCUT2D eigenvalue weighted by atomic mass is 19.4. The minimum atomic E-state index is -4.43. The Kier molecular flexibility index (Phi) is 8.19. The van der Waals surface area contributed by atoms with E-state index in [0.29, 0.717) is 42.0 Å². The number of carbonyl (C=O) groups excluding carboxylic acids is 1. The molecular weight excluding hydrogens is 401 g/mol. The van der Waals surface area contributed by atoms with Crippen LogP contribution in [0, 0.1) is 0 Å². The van der Waals surface area contributed by atoms with Gasteiger partial charge < -0.3 is 24.6 Å². The van der Waals surface area contributed by atoms with E-state index in [0.717, 1.165) is 19.0 Å². The van der Waals surface area contributed by atoms with Crippen molar-refractivity contribution < 1.29 is 27.4 Å². The molecule has 1 amide bonds. The maximum absolute atomic E-state index is 12.5. The fraction of sp³-hybridized carbons (Fsp3) is 0.600. The Hall–Kier alpha value is -2.65. The van der Waals surface area contributed by atoms with Gasteiger partial charge in [0.15, 0.2) is 5.96 Å². The summed E-state index contributed by atoms with van der Waals surface area (Å²) < 4.78 is 48.1. The third-order valence-electron chi connectivity index (χ3n) is 4.87. The molecule has 0 aromatic heterocycles. The van der Waals surface area contributed by atoms with E-state index in [-0.39, 0.29) is 12.5 Å². The third kappa shape index (κ3) is 6.70. The molecule has 1 aromatic carbocycles. The summed E-state index contributed by atoms with van der Waals surface area (Å²) in [4.78, 5) is 18.9. The summed E-state index contributed by atoms with van der Waals surface area (Å²) in [5, 5.41) is 3.12.